The number of hydrogen-bond acceptors (Lipinski definition) is 4. The zero-order chi connectivity index (χ0) is 13.0. The fraction of sp³-hybridized carbons (Fsp3) is 1.00. The molecule has 2 aliphatic rings. The van der Waals surface area contributed by atoms with Crippen LogP contribution < -0.4 is 5.32 Å². The lowest BCUT2D eigenvalue weighted by Gasteiger charge is -2.42. The number of nitrogens with zero attached hydrogens (tertiary/aromatic N) is 1. The van der Waals surface area contributed by atoms with Crippen molar-refractivity contribution < 1.29 is 13.2 Å². The van der Waals surface area contributed by atoms with E-state index in [1.54, 1.807) is 4.31 Å². The summed E-state index contributed by atoms with van der Waals surface area (Å²) in [6.07, 6.45) is 5.05. The molecule has 2 rings (SSSR count). The maximum Gasteiger partial charge on any atom is 0.214 e. The summed E-state index contributed by atoms with van der Waals surface area (Å²) >= 11 is 0. The van der Waals surface area contributed by atoms with Gasteiger partial charge < -0.3 is 10.1 Å². The van der Waals surface area contributed by atoms with Crippen LogP contribution >= 0.6 is 0 Å². The average molecular weight is 276 g/mol. The van der Waals surface area contributed by atoms with E-state index in [2.05, 4.69) is 5.32 Å². The van der Waals surface area contributed by atoms with Crippen LogP contribution in [-0.2, 0) is 14.8 Å². The molecule has 5 nitrogen and oxygen atoms in total. The molecule has 1 saturated heterocycles. The molecule has 2 atom stereocenters. The number of hydrogen-bond donors (Lipinski definition) is 1. The molecule has 18 heavy (non-hydrogen) atoms. The first-order valence-electron chi connectivity index (χ1n) is 6.91. The number of morpholine rings is 1. The van der Waals surface area contributed by atoms with Crippen LogP contribution in [0.3, 0.4) is 0 Å². The second-order valence-electron chi connectivity index (χ2n) is 5.14. The van der Waals surface area contributed by atoms with Gasteiger partial charge >= 0.3 is 0 Å². The van der Waals surface area contributed by atoms with E-state index in [-0.39, 0.29) is 17.9 Å². The summed E-state index contributed by atoms with van der Waals surface area (Å²) in [5, 5.41) is 2.99. The Kier molecular flexibility index (Phi) is 5.00. The monoisotopic (exact) mass is 276 g/mol. The molecule has 6 heteroatoms. The molecule has 106 valence electrons. The normalized spacial score (nSPS) is 30.1. The predicted molar refractivity (Wildman–Crippen MR) is 71.0 cm³/mol. The Morgan fingerprint density at radius 3 is 2.89 bits per heavy atom. The summed E-state index contributed by atoms with van der Waals surface area (Å²) in [7, 11) is -1.27. The zero-order valence-electron chi connectivity index (χ0n) is 11.1. The molecule has 0 radical (unpaired) electrons. The van der Waals surface area contributed by atoms with Crippen molar-refractivity contribution >= 4 is 10.0 Å². The summed E-state index contributed by atoms with van der Waals surface area (Å²) in [5.41, 5.74) is 0. The van der Waals surface area contributed by atoms with Crippen molar-refractivity contribution in [2.75, 3.05) is 32.5 Å². The highest BCUT2D eigenvalue weighted by Gasteiger charge is 2.39. The van der Waals surface area contributed by atoms with Gasteiger partial charge in [-0.15, -0.1) is 0 Å². The number of rotatable bonds is 5. The molecular weight excluding hydrogens is 252 g/mol. The van der Waals surface area contributed by atoms with E-state index in [1.807, 2.05) is 7.05 Å². The molecule has 2 fully saturated rings. The largest absolute Gasteiger partial charge is 0.375 e. The van der Waals surface area contributed by atoms with Crippen LogP contribution in [0.25, 0.3) is 0 Å². The van der Waals surface area contributed by atoms with E-state index in [9.17, 15) is 8.42 Å². The summed E-state index contributed by atoms with van der Waals surface area (Å²) in [4.78, 5) is 0. The highest BCUT2D eigenvalue weighted by molar-refractivity contribution is 7.89. The van der Waals surface area contributed by atoms with Gasteiger partial charge in [-0.1, -0.05) is 12.8 Å². The highest BCUT2D eigenvalue weighted by atomic mass is 32.2. The first-order chi connectivity index (χ1) is 8.65. The second-order valence-corrected chi connectivity index (χ2v) is 7.19. The fourth-order valence-electron chi connectivity index (χ4n) is 2.95. The molecule has 1 saturated carbocycles. The molecule has 0 amide bonds. The second kappa shape index (κ2) is 6.32. The Bertz CT molecular complexity index is 356. The highest BCUT2D eigenvalue weighted by Crippen LogP contribution is 2.30. The van der Waals surface area contributed by atoms with Crippen molar-refractivity contribution in [3.05, 3.63) is 0 Å². The molecule has 2 unspecified atom stereocenters. The summed E-state index contributed by atoms with van der Waals surface area (Å²) in [6.45, 7) is 1.83. The minimum absolute atomic E-state index is 0.0899. The van der Waals surface area contributed by atoms with Crippen molar-refractivity contribution in [3.8, 4) is 0 Å². The van der Waals surface area contributed by atoms with E-state index in [4.69, 9.17) is 4.74 Å². The topological polar surface area (TPSA) is 58.6 Å². The summed E-state index contributed by atoms with van der Waals surface area (Å²) in [6, 6.07) is 0.0899. The Hall–Kier alpha value is -0.170. The first-order valence-corrected chi connectivity index (χ1v) is 8.52. The molecule has 1 aliphatic heterocycles. The molecule has 1 heterocycles. The van der Waals surface area contributed by atoms with Crippen LogP contribution in [0, 0.1) is 0 Å². The number of ether oxygens (including phenoxy) is 1. The molecule has 0 aromatic heterocycles. The van der Waals surface area contributed by atoms with Gasteiger partial charge in [-0.05, 0) is 32.9 Å². The lowest BCUT2D eigenvalue weighted by molar-refractivity contribution is -0.0585. The standard InChI is InChI=1S/C12H24N2O3S/c1-13-7-4-10-18(15,16)14-8-9-17-12-6-3-2-5-11(12)14/h11-13H,2-10H2,1H3. The molecule has 1 N–H and O–H groups in total. The maximum atomic E-state index is 12.4. The summed E-state index contributed by atoms with van der Waals surface area (Å²) < 4.78 is 32.1. The molecular formula is C12H24N2O3S. The van der Waals surface area contributed by atoms with Gasteiger partial charge in [0.15, 0.2) is 0 Å². The first kappa shape index (κ1) is 14.2. The average Bonchev–Trinajstić information content (AvgIpc) is 2.38. The molecule has 0 aromatic rings. The van der Waals surface area contributed by atoms with E-state index in [0.29, 0.717) is 19.6 Å². The van der Waals surface area contributed by atoms with Gasteiger partial charge in [0.05, 0.1) is 24.5 Å². The fourth-order valence-corrected chi connectivity index (χ4v) is 4.71. The Morgan fingerprint density at radius 1 is 1.33 bits per heavy atom. The van der Waals surface area contributed by atoms with Crippen molar-refractivity contribution in [2.24, 2.45) is 0 Å². The Balaban J connectivity index is 2.00. The number of nitrogens with one attached hydrogen (secondary N) is 1. The zero-order valence-corrected chi connectivity index (χ0v) is 11.9. The maximum absolute atomic E-state index is 12.4. The lowest BCUT2D eigenvalue weighted by Crippen LogP contribution is -2.55. The molecule has 0 spiro atoms. The van der Waals surface area contributed by atoms with Crippen LogP contribution in [0.5, 0.6) is 0 Å². The van der Waals surface area contributed by atoms with Crippen molar-refractivity contribution in [3.63, 3.8) is 0 Å². The number of fused-ring (bicyclic) bond motifs is 1. The van der Waals surface area contributed by atoms with Crippen LogP contribution in [0.15, 0.2) is 0 Å². The minimum atomic E-state index is -3.11. The predicted octanol–water partition coefficient (Wildman–Crippen LogP) is 0.569. The SMILES string of the molecule is CNCCCS(=O)(=O)N1CCOC2CCCCC21. The van der Waals surface area contributed by atoms with Crippen LogP contribution in [-0.4, -0.2) is 57.4 Å². The van der Waals surface area contributed by atoms with E-state index in [0.717, 1.165) is 32.2 Å². The van der Waals surface area contributed by atoms with E-state index >= 15 is 0 Å². The van der Waals surface area contributed by atoms with Gasteiger partial charge in [-0.2, -0.15) is 4.31 Å². The molecule has 0 bridgehead atoms. The van der Waals surface area contributed by atoms with Crippen molar-refractivity contribution in [1.82, 2.24) is 9.62 Å². The third-order valence-corrected chi connectivity index (χ3v) is 5.84. The van der Waals surface area contributed by atoms with Gasteiger partial charge in [0.1, 0.15) is 0 Å². The van der Waals surface area contributed by atoms with Gasteiger partial charge in [0, 0.05) is 6.54 Å². The van der Waals surface area contributed by atoms with Crippen LogP contribution in [0.2, 0.25) is 0 Å². The quantitative estimate of drug-likeness (QED) is 0.746. The smallest absolute Gasteiger partial charge is 0.214 e. The van der Waals surface area contributed by atoms with Crippen LogP contribution in [0.1, 0.15) is 32.1 Å². The third kappa shape index (κ3) is 3.23. The van der Waals surface area contributed by atoms with Crippen molar-refractivity contribution in [2.45, 2.75) is 44.2 Å². The van der Waals surface area contributed by atoms with E-state index in [1.165, 1.54) is 0 Å². The third-order valence-electron chi connectivity index (χ3n) is 3.87. The molecule has 1 aliphatic carbocycles. The number of sulfonamides is 1. The van der Waals surface area contributed by atoms with E-state index < -0.39 is 10.0 Å². The Labute approximate surface area is 110 Å². The molecule has 0 aromatic carbocycles. The van der Waals surface area contributed by atoms with Gasteiger partial charge in [0.2, 0.25) is 10.0 Å². The van der Waals surface area contributed by atoms with Gasteiger partial charge in [0.25, 0.3) is 0 Å². The van der Waals surface area contributed by atoms with Crippen molar-refractivity contribution in [1.29, 1.82) is 0 Å². The summed E-state index contributed by atoms with van der Waals surface area (Å²) in [5.74, 6) is 0.247. The minimum Gasteiger partial charge on any atom is -0.375 e. The Morgan fingerprint density at radius 2 is 2.11 bits per heavy atom. The van der Waals surface area contributed by atoms with Crippen LogP contribution in [0.4, 0.5) is 0 Å². The van der Waals surface area contributed by atoms with Gasteiger partial charge in [-0.25, -0.2) is 8.42 Å². The lowest BCUT2D eigenvalue weighted by atomic mass is 9.91. The van der Waals surface area contributed by atoms with Gasteiger partial charge in [-0.3, -0.25) is 0 Å².